The Kier molecular flexibility index (Phi) is 5.25. The van der Waals surface area contributed by atoms with Gasteiger partial charge in [-0.15, -0.1) is 0 Å². The number of aromatic nitrogens is 2. The molecule has 144 valence electrons. The lowest BCUT2D eigenvalue weighted by Crippen LogP contribution is -2.04. The summed E-state index contributed by atoms with van der Waals surface area (Å²) in [5.41, 5.74) is 5.72. The number of benzene rings is 3. The van der Waals surface area contributed by atoms with Gasteiger partial charge in [0.15, 0.2) is 5.69 Å². The fourth-order valence-corrected chi connectivity index (χ4v) is 3.31. The van der Waals surface area contributed by atoms with Gasteiger partial charge in [-0.05, 0) is 37.1 Å². The van der Waals surface area contributed by atoms with Gasteiger partial charge in [0.1, 0.15) is 5.82 Å². The van der Waals surface area contributed by atoms with Crippen molar-refractivity contribution >= 4 is 5.97 Å². The molecule has 0 fully saturated rings. The summed E-state index contributed by atoms with van der Waals surface area (Å²) < 4.78 is 7.07. The van der Waals surface area contributed by atoms with Crippen LogP contribution in [-0.2, 0) is 4.74 Å². The lowest BCUT2D eigenvalue weighted by Gasteiger charge is -2.09. The standard InChI is InChI=1S/C25H22N2O2/c1-3-29-25(28)23-17-27(24(26-23)20-9-5-4-6-10-20)22-14-12-19(13-15-22)21-11-7-8-18(2)16-21/h4-17H,3H2,1-2H3. The van der Waals surface area contributed by atoms with Crippen LogP contribution < -0.4 is 0 Å². The van der Waals surface area contributed by atoms with Gasteiger partial charge in [-0.25, -0.2) is 9.78 Å². The number of ether oxygens (including phenoxy) is 1. The second-order valence-electron chi connectivity index (χ2n) is 6.82. The molecule has 4 rings (SSSR count). The molecule has 4 aromatic rings. The van der Waals surface area contributed by atoms with E-state index in [-0.39, 0.29) is 0 Å². The monoisotopic (exact) mass is 382 g/mol. The van der Waals surface area contributed by atoms with Crippen LogP contribution in [0, 0.1) is 6.92 Å². The molecule has 1 heterocycles. The smallest absolute Gasteiger partial charge is 0.358 e. The number of rotatable bonds is 5. The molecule has 0 spiro atoms. The van der Waals surface area contributed by atoms with Crippen molar-refractivity contribution in [1.82, 2.24) is 9.55 Å². The van der Waals surface area contributed by atoms with Crippen LogP contribution in [0.25, 0.3) is 28.2 Å². The van der Waals surface area contributed by atoms with E-state index in [9.17, 15) is 4.79 Å². The molecule has 0 N–H and O–H groups in total. The Morgan fingerprint density at radius 2 is 1.62 bits per heavy atom. The minimum atomic E-state index is -0.417. The normalized spacial score (nSPS) is 10.7. The van der Waals surface area contributed by atoms with Gasteiger partial charge < -0.3 is 4.74 Å². The van der Waals surface area contributed by atoms with Gasteiger partial charge in [-0.3, -0.25) is 4.57 Å². The summed E-state index contributed by atoms with van der Waals surface area (Å²) in [4.78, 5) is 16.8. The molecule has 0 saturated heterocycles. The highest BCUT2D eigenvalue weighted by molar-refractivity contribution is 5.88. The van der Waals surface area contributed by atoms with Gasteiger partial charge in [-0.2, -0.15) is 0 Å². The lowest BCUT2D eigenvalue weighted by molar-refractivity contribution is 0.0520. The van der Waals surface area contributed by atoms with Gasteiger partial charge in [0.25, 0.3) is 0 Å². The molecule has 4 heteroatoms. The van der Waals surface area contributed by atoms with Crippen LogP contribution in [0.1, 0.15) is 23.0 Å². The molecule has 0 amide bonds. The predicted octanol–water partition coefficient (Wildman–Crippen LogP) is 5.69. The van der Waals surface area contributed by atoms with Crippen LogP contribution in [0.2, 0.25) is 0 Å². The summed E-state index contributed by atoms with van der Waals surface area (Å²) in [6.07, 6.45) is 1.74. The topological polar surface area (TPSA) is 44.1 Å². The molecule has 0 saturated carbocycles. The van der Waals surface area contributed by atoms with E-state index in [1.54, 1.807) is 13.1 Å². The van der Waals surface area contributed by atoms with E-state index in [0.29, 0.717) is 18.1 Å². The van der Waals surface area contributed by atoms with E-state index in [1.807, 2.05) is 47.0 Å². The van der Waals surface area contributed by atoms with Gasteiger partial charge in [0, 0.05) is 17.4 Å². The minimum Gasteiger partial charge on any atom is -0.461 e. The van der Waals surface area contributed by atoms with E-state index in [2.05, 4.69) is 48.3 Å². The maximum Gasteiger partial charge on any atom is 0.358 e. The zero-order valence-corrected chi connectivity index (χ0v) is 16.5. The van der Waals surface area contributed by atoms with E-state index in [0.717, 1.165) is 16.8 Å². The summed E-state index contributed by atoms with van der Waals surface area (Å²) in [5, 5.41) is 0. The van der Waals surface area contributed by atoms with Crippen molar-refractivity contribution < 1.29 is 9.53 Å². The first kappa shape index (κ1) is 18.7. The molecule has 0 aliphatic heterocycles. The first-order chi connectivity index (χ1) is 14.2. The maximum atomic E-state index is 12.2. The zero-order valence-electron chi connectivity index (χ0n) is 16.5. The van der Waals surface area contributed by atoms with Crippen molar-refractivity contribution in [2.75, 3.05) is 6.61 Å². The number of aryl methyl sites for hydroxylation is 1. The third-order valence-electron chi connectivity index (χ3n) is 4.72. The van der Waals surface area contributed by atoms with Gasteiger partial charge in [0.05, 0.1) is 6.61 Å². The van der Waals surface area contributed by atoms with E-state index in [4.69, 9.17) is 4.74 Å². The third-order valence-corrected chi connectivity index (χ3v) is 4.72. The Morgan fingerprint density at radius 1 is 0.897 bits per heavy atom. The summed E-state index contributed by atoms with van der Waals surface area (Å²) in [6, 6.07) is 26.5. The van der Waals surface area contributed by atoms with E-state index in [1.165, 1.54) is 11.1 Å². The Bertz CT molecular complexity index is 1130. The number of esters is 1. The van der Waals surface area contributed by atoms with E-state index >= 15 is 0 Å². The van der Waals surface area contributed by atoms with Gasteiger partial charge in [0.2, 0.25) is 0 Å². The summed E-state index contributed by atoms with van der Waals surface area (Å²) in [6.45, 7) is 4.20. The molecule has 0 bridgehead atoms. The molecular weight excluding hydrogens is 360 g/mol. The average molecular weight is 382 g/mol. The number of hydrogen-bond acceptors (Lipinski definition) is 3. The van der Waals surface area contributed by atoms with Gasteiger partial charge in [-0.1, -0.05) is 72.3 Å². The largest absolute Gasteiger partial charge is 0.461 e. The van der Waals surface area contributed by atoms with Crippen LogP contribution in [0.5, 0.6) is 0 Å². The molecule has 0 atom stereocenters. The molecule has 4 nitrogen and oxygen atoms in total. The van der Waals surface area contributed by atoms with Crippen LogP contribution in [0.15, 0.2) is 85.1 Å². The molecule has 29 heavy (non-hydrogen) atoms. The van der Waals surface area contributed by atoms with Gasteiger partial charge >= 0.3 is 5.97 Å². The SMILES string of the molecule is CCOC(=O)c1cn(-c2ccc(-c3cccc(C)c3)cc2)c(-c2ccccc2)n1. The van der Waals surface area contributed by atoms with Crippen molar-refractivity contribution in [3.8, 4) is 28.2 Å². The van der Waals surface area contributed by atoms with Crippen molar-refractivity contribution in [1.29, 1.82) is 0 Å². The molecule has 0 aliphatic carbocycles. The Hall–Kier alpha value is -3.66. The molecular formula is C25H22N2O2. The van der Waals surface area contributed by atoms with E-state index < -0.39 is 5.97 Å². The molecule has 0 aliphatic rings. The van der Waals surface area contributed by atoms with Crippen molar-refractivity contribution in [3.05, 3.63) is 96.3 Å². The molecule has 0 unspecified atom stereocenters. The number of carbonyl (C=O) groups excluding carboxylic acids is 1. The maximum absolute atomic E-state index is 12.2. The first-order valence-corrected chi connectivity index (χ1v) is 9.65. The highest BCUT2D eigenvalue weighted by Gasteiger charge is 2.17. The zero-order chi connectivity index (χ0) is 20.2. The quantitative estimate of drug-likeness (QED) is 0.416. The Labute approximate surface area is 170 Å². The fourth-order valence-electron chi connectivity index (χ4n) is 3.31. The Balaban J connectivity index is 1.76. The highest BCUT2D eigenvalue weighted by Crippen LogP contribution is 2.26. The highest BCUT2D eigenvalue weighted by atomic mass is 16.5. The summed E-state index contributed by atoms with van der Waals surface area (Å²) in [5.74, 6) is 0.289. The molecule has 1 aromatic heterocycles. The summed E-state index contributed by atoms with van der Waals surface area (Å²) >= 11 is 0. The van der Waals surface area contributed by atoms with Crippen LogP contribution in [0.4, 0.5) is 0 Å². The summed E-state index contributed by atoms with van der Waals surface area (Å²) in [7, 11) is 0. The van der Waals surface area contributed by atoms with Crippen molar-refractivity contribution in [2.24, 2.45) is 0 Å². The third kappa shape index (κ3) is 3.97. The van der Waals surface area contributed by atoms with Crippen molar-refractivity contribution in [3.63, 3.8) is 0 Å². The predicted molar refractivity (Wildman–Crippen MR) is 115 cm³/mol. The van der Waals surface area contributed by atoms with Crippen LogP contribution in [-0.4, -0.2) is 22.1 Å². The minimum absolute atomic E-state index is 0.300. The number of hydrogen-bond donors (Lipinski definition) is 0. The fraction of sp³-hybridized carbons (Fsp3) is 0.120. The van der Waals surface area contributed by atoms with Crippen molar-refractivity contribution in [2.45, 2.75) is 13.8 Å². The number of nitrogens with zero attached hydrogens (tertiary/aromatic N) is 2. The van der Waals surface area contributed by atoms with Crippen LogP contribution in [0.3, 0.4) is 0 Å². The molecule has 0 radical (unpaired) electrons. The second kappa shape index (κ2) is 8.15. The lowest BCUT2D eigenvalue weighted by atomic mass is 10.0. The Morgan fingerprint density at radius 3 is 2.31 bits per heavy atom. The number of imidazole rings is 1. The second-order valence-corrected chi connectivity index (χ2v) is 6.82. The number of carbonyl (C=O) groups is 1. The van der Waals surface area contributed by atoms with Crippen LogP contribution >= 0.6 is 0 Å². The average Bonchev–Trinajstić information content (AvgIpc) is 3.20. The molecule has 3 aromatic carbocycles. The first-order valence-electron chi connectivity index (χ1n) is 9.65.